The van der Waals surface area contributed by atoms with E-state index in [2.05, 4.69) is 10.3 Å². The summed E-state index contributed by atoms with van der Waals surface area (Å²) >= 11 is 0. The van der Waals surface area contributed by atoms with E-state index in [1.54, 1.807) is 48.9 Å². The second-order valence-electron chi connectivity index (χ2n) is 6.19. The minimum absolute atomic E-state index is 0.227. The standard InChI is InChI=1S/C21H19N3O5/c1-26-18(27-2)12-22-21(25)13-7-8-14-15(11-13)24-20(17-6-4-10-29-17)19(23-14)16-5-3-9-28-16/h3-11,18H,12H2,1-2H3,(H,22,25). The maximum Gasteiger partial charge on any atom is 0.251 e. The van der Waals surface area contributed by atoms with Gasteiger partial charge < -0.3 is 23.6 Å². The number of rotatable bonds is 7. The summed E-state index contributed by atoms with van der Waals surface area (Å²) in [7, 11) is 3.03. The summed E-state index contributed by atoms with van der Waals surface area (Å²) in [6.45, 7) is 0.227. The molecule has 148 valence electrons. The lowest BCUT2D eigenvalue weighted by atomic mass is 10.1. The monoisotopic (exact) mass is 393 g/mol. The molecule has 1 N–H and O–H groups in total. The molecule has 0 spiro atoms. The number of benzene rings is 1. The van der Waals surface area contributed by atoms with Crippen LogP contribution >= 0.6 is 0 Å². The van der Waals surface area contributed by atoms with Crippen LogP contribution in [-0.4, -0.2) is 42.9 Å². The molecule has 0 aliphatic heterocycles. The molecule has 0 saturated carbocycles. The summed E-state index contributed by atoms with van der Waals surface area (Å²) in [6.07, 6.45) is 2.63. The molecule has 0 atom stereocenters. The summed E-state index contributed by atoms with van der Waals surface area (Å²) in [4.78, 5) is 21.9. The molecule has 0 saturated heterocycles. The molecule has 3 aromatic heterocycles. The van der Waals surface area contributed by atoms with Crippen molar-refractivity contribution in [3.05, 3.63) is 60.6 Å². The van der Waals surface area contributed by atoms with Crippen molar-refractivity contribution in [3.63, 3.8) is 0 Å². The molecular weight excluding hydrogens is 374 g/mol. The normalized spacial score (nSPS) is 11.3. The molecule has 0 fully saturated rings. The molecular formula is C21H19N3O5. The minimum Gasteiger partial charge on any atom is -0.463 e. The first-order valence-electron chi connectivity index (χ1n) is 8.93. The molecule has 0 bridgehead atoms. The number of nitrogens with zero attached hydrogens (tertiary/aromatic N) is 2. The highest BCUT2D eigenvalue weighted by Gasteiger charge is 2.18. The highest BCUT2D eigenvalue weighted by molar-refractivity contribution is 5.97. The predicted molar refractivity (Wildman–Crippen MR) is 105 cm³/mol. The second-order valence-corrected chi connectivity index (χ2v) is 6.19. The van der Waals surface area contributed by atoms with E-state index in [0.29, 0.717) is 39.5 Å². The summed E-state index contributed by atoms with van der Waals surface area (Å²) < 4.78 is 21.2. The van der Waals surface area contributed by atoms with Crippen molar-refractivity contribution in [1.82, 2.24) is 15.3 Å². The first-order valence-corrected chi connectivity index (χ1v) is 8.93. The SMILES string of the molecule is COC(CNC(=O)c1ccc2nc(-c3ccco3)c(-c3ccco3)nc2c1)OC. The Labute approximate surface area is 166 Å². The Morgan fingerprint density at radius 3 is 2.14 bits per heavy atom. The van der Waals surface area contributed by atoms with E-state index in [9.17, 15) is 4.79 Å². The number of fused-ring (bicyclic) bond motifs is 1. The fraction of sp³-hybridized carbons (Fsp3) is 0.190. The summed E-state index contributed by atoms with van der Waals surface area (Å²) in [5, 5.41) is 2.77. The molecule has 3 heterocycles. The first-order chi connectivity index (χ1) is 14.2. The number of amides is 1. The zero-order valence-corrected chi connectivity index (χ0v) is 15.9. The van der Waals surface area contributed by atoms with Gasteiger partial charge in [0.25, 0.3) is 5.91 Å². The van der Waals surface area contributed by atoms with E-state index in [1.807, 2.05) is 6.07 Å². The van der Waals surface area contributed by atoms with Crippen LogP contribution in [0.2, 0.25) is 0 Å². The predicted octanol–water partition coefficient (Wildman–Crippen LogP) is 3.50. The fourth-order valence-electron chi connectivity index (χ4n) is 2.91. The third-order valence-electron chi connectivity index (χ3n) is 4.39. The van der Waals surface area contributed by atoms with Gasteiger partial charge in [0.2, 0.25) is 0 Å². The number of aromatic nitrogens is 2. The lowest BCUT2D eigenvalue weighted by Crippen LogP contribution is -2.34. The Morgan fingerprint density at radius 2 is 1.59 bits per heavy atom. The number of methoxy groups -OCH3 is 2. The maximum absolute atomic E-state index is 12.5. The van der Waals surface area contributed by atoms with Crippen molar-refractivity contribution in [1.29, 1.82) is 0 Å². The Balaban J connectivity index is 1.72. The lowest BCUT2D eigenvalue weighted by Gasteiger charge is -2.14. The summed E-state index contributed by atoms with van der Waals surface area (Å²) in [5.41, 5.74) is 2.75. The number of hydrogen-bond acceptors (Lipinski definition) is 7. The molecule has 4 rings (SSSR count). The summed E-state index contributed by atoms with van der Waals surface area (Å²) in [5.74, 6) is 0.879. The van der Waals surface area contributed by atoms with Gasteiger partial charge in [-0.05, 0) is 42.5 Å². The van der Waals surface area contributed by atoms with Crippen LogP contribution in [0.5, 0.6) is 0 Å². The zero-order chi connectivity index (χ0) is 20.2. The van der Waals surface area contributed by atoms with Crippen LogP contribution in [0.15, 0.2) is 63.8 Å². The average Bonchev–Trinajstić information content (AvgIpc) is 3.47. The van der Waals surface area contributed by atoms with Crippen molar-refractivity contribution in [2.75, 3.05) is 20.8 Å². The smallest absolute Gasteiger partial charge is 0.251 e. The second kappa shape index (κ2) is 8.26. The van der Waals surface area contributed by atoms with Gasteiger partial charge in [0.1, 0.15) is 11.4 Å². The fourth-order valence-corrected chi connectivity index (χ4v) is 2.91. The Morgan fingerprint density at radius 1 is 0.966 bits per heavy atom. The topological polar surface area (TPSA) is 99.6 Å². The van der Waals surface area contributed by atoms with Crippen LogP contribution in [0.4, 0.5) is 0 Å². The van der Waals surface area contributed by atoms with E-state index in [0.717, 1.165) is 0 Å². The van der Waals surface area contributed by atoms with E-state index in [4.69, 9.17) is 23.3 Å². The first kappa shape index (κ1) is 18.9. The number of hydrogen-bond donors (Lipinski definition) is 1. The number of carbonyl (C=O) groups is 1. The van der Waals surface area contributed by atoms with Crippen molar-refractivity contribution in [2.24, 2.45) is 0 Å². The van der Waals surface area contributed by atoms with Gasteiger partial charge in [-0.1, -0.05) is 0 Å². The van der Waals surface area contributed by atoms with Gasteiger partial charge in [-0.15, -0.1) is 0 Å². The van der Waals surface area contributed by atoms with E-state index < -0.39 is 6.29 Å². The van der Waals surface area contributed by atoms with E-state index in [-0.39, 0.29) is 12.5 Å². The molecule has 0 aliphatic carbocycles. The zero-order valence-electron chi connectivity index (χ0n) is 15.9. The molecule has 1 amide bonds. The van der Waals surface area contributed by atoms with Crippen LogP contribution in [0, 0.1) is 0 Å². The molecule has 8 heteroatoms. The van der Waals surface area contributed by atoms with Crippen LogP contribution in [-0.2, 0) is 9.47 Å². The molecule has 29 heavy (non-hydrogen) atoms. The van der Waals surface area contributed by atoms with Gasteiger partial charge in [0, 0.05) is 19.8 Å². The molecule has 0 unspecified atom stereocenters. The number of nitrogens with one attached hydrogen (secondary N) is 1. The van der Waals surface area contributed by atoms with Crippen molar-refractivity contribution < 1.29 is 23.1 Å². The number of carbonyl (C=O) groups excluding carboxylic acids is 1. The maximum atomic E-state index is 12.5. The van der Waals surface area contributed by atoms with Crippen molar-refractivity contribution in [3.8, 4) is 22.9 Å². The molecule has 0 radical (unpaired) electrons. The molecule has 4 aromatic rings. The van der Waals surface area contributed by atoms with E-state index >= 15 is 0 Å². The highest BCUT2D eigenvalue weighted by atomic mass is 16.7. The lowest BCUT2D eigenvalue weighted by molar-refractivity contribution is -0.0974. The van der Waals surface area contributed by atoms with Crippen LogP contribution in [0.3, 0.4) is 0 Å². The van der Waals surface area contributed by atoms with Crippen LogP contribution in [0.25, 0.3) is 33.9 Å². The summed E-state index contributed by atoms with van der Waals surface area (Å²) in [6, 6.07) is 12.3. The van der Waals surface area contributed by atoms with Gasteiger partial charge in [0.05, 0.1) is 30.1 Å². The Hall–Kier alpha value is -3.49. The van der Waals surface area contributed by atoms with Crippen LogP contribution in [0.1, 0.15) is 10.4 Å². The third kappa shape index (κ3) is 3.89. The van der Waals surface area contributed by atoms with E-state index in [1.165, 1.54) is 14.2 Å². The van der Waals surface area contributed by atoms with Gasteiger partial charge in [-0.25, -0.2) is 9.97 Å². The third-order valence-corrected chi connectivity index (χ3v) is 4.39. The average molecular weight is 393 g/mol. The van der Waals surface area contributed by atoms with Gasteiger partial charge in [-0.3, -0.25) is 4.79 Å². The minimum atomic E-state index is -0.513. The molecule has 8 nitrogen and oxygen atoms in total. The molecule has 1 aromatic carbocycles. The number of furan rings is 2. The van der Waals surface area contributed by atoms with Gasteiger partial charge in [0.15, 0.2) is 17.8 Å². The van der Waals surface area contributed by atoms with Crippen LogP contribution < -0.4 is 5.32 Å². The largest absolute Gasteiger partial charge is 0.463 e. The van der Waals surface area contributed by atoms with Crippen molar-refractivity contribution in [2.45, 2.75) is 6.29 Å². The quantitative estimate of drug-likeness (QED) is 0.480. The number of ether oxygens (including phenoxy) is 2. The molecule has 0 aliphatic rings. The van der Waals surface area contributed by atoms with Crippen molar-refractivity contribution >= 4 is 16.9 Å². The van der Waals surface area contributed by atoms with Gasteiger partial charge in [-0.2, -0.15) is 0 Å². The Bertz CT molecular complexity index is 1100. The highest BCUT2D eigenvalue weighted by Crippen LogP contribution is 2.31. The Kier molecular flexibility index (Phi) is 5.37. The van der Waals surface area contributed by atoms with Gasteiger partial charge >= 0.3 is 0 Å².